The van der Waals surface area contributed by atoms with E-state index in [9.17, 15) is 14.4 Å². The molecule has 5 rings (SSSR count). The number of hydrogen-bond donors (Lipinski definition) is 3. The number of fused-ring (bicyclic) bond motifs is 1. The molecule has 14 heteroatoms. The van der Waals surface area contributed by atoms with E-state index in [0.717, 1.165) is 36.2 Å². The van der Waals surface area contributed by atoms with Crippen LogP contribution in [0, 0.1) is 0 Å². The predicted molar refractivity (Wildman–Crippen MR) is 178 cm³/mol. The topological polar surface area (TPSA) is 174 Å². The van der Waals surface area contributed by atoms with E-state index < -0.39 is 0 Å². The second-order valence-electron chi connectivity index (χ2n) is 11.6. The molecule has 1 atom stereocenters. The standard InChI is InChI=1S/C33H43N9O5/c1-3-4-18-47-32-38-30(34)29-31(39-32)42(33(45)37-29)15-7-8-25-21-40(16-17-41(25)26-9-5-6-14-35-26)22-27(43)36-20-24-12-10-23(11-13-24)19-28(44)46-2/h5-6,9-14,25H,3-4,7-8,15-22H2,1-2H3,(H,36,43)(H,37,45)(H2,34,38,39). The zero-order chi connectivity index (χ0) is 33.2. The molecule has 14 nitrogen and oxygen atoms in total. The Hall–Kier alpha value is -4.98. The number of amides is 1. The molecule has 3 aromatic heterocycles. The van der Waals surface area contributed by atoms with E-state index in [2.05, 4.69) is 42.0 Å². The SMILES string of the molecule is CCCCOc1nc(N)c2[nH]c(=O)n(CCCC3CN(CC(=O)NCc4ccc(CC(=O)OC)cc4)CCN3c3ccccn3)c2n1. The van der Waals surface area contributed by atoms with Gasteiger partial charge in [0.2, 0.25) is 5.91 Å². The highest BCUT2D eigenvalue weighted by atomic mass is 16.5. The van der Waals surface area contributed by atoms with Gasteiger partial charge in [-0.25, -0.2) is 9.78 Å². The Morgan fingerprint density at radius 2 is 1.89 bits per heavy atom. The van der Waals surface area contributed by atoms with Gasteiger partial charge in [0.25, 0.3) is 0 Å². The maximum Gasteiger partial charge on any atom is 0.327 e. The number of piperazine rings is 1. The molecule has 1 aromatic carbocycles. The molecule has 4 heterocycles. The van der Waals surface area contributed by atoms with Crippen molar-refractivity contribution < 1.29 is 19.1 Å². The molecule has 1 saturated heterocycles. The number of imidazole rings is 1. The molecule has 0 aliphatic carbocycles. The van der Waals surface area contributed by atoms with Gasteiger partial charge in [-0.15, -0.1) is 0 Å². The number of carbonyl (C=O) groups excluding carboxylic acids is 2. The Balaban J connectivity index is 1.20. The summed E-state index contributed by atoms with van der Waals surface area (Å²) in [5, 5.41) is 3.01. The van der Waals surface area contributed by atoms with Crippen LogP contribution < -0.4 is 26.4 Å². The summed E-state index contributed by atoms with van der Waals surface area (Å²) in [7, 11) is 1.37. The van der Waals surface area contributed by atoms with E-state index in [1.54, 1.807) is 10.8 Å². The average molecular weight is 646 g/mol. The second kappa shape index (κ2) is 16.0. The van der Waals surface area contributed by atoms with Crippen molar-refractivity contribution in [2.75, 3.05) is 50.5 Å². The number of ether oxygens (including phenoxy) is 2. The Morgan fingerprint density at radius 3 is 2.64 bits per heavy atom. The second-order valence-corrected chi connectivity index (χ2v) is 11.6. The number of aromatic amines is 1. The van der Waals surface area contributed by atoms with Crippen LogP contribution in [0.5, 0.6) is 6.01 Å². The summed E-state index contributed by atoms with van der Waals surface area (Å²) in [5.41, 5.74) is 8.46. The summed E-state index contributed by atoms with van der Waals surface area (Å²) in [6.45, 7) is 5.72. The van der Waals surface area contributed by atoms with Crippen LogP contribution >= 0.6 is 0 Å². The number of esters is 1. The van der Waals surface area contributed by atoms with Gasteiger partial charge >= 0.3 is 17.7 Å². The number of nitrogen functional groups attached to an aromatic ring is 1. The lowest BCUT2D eigenvalue weighted by Gasteiger charge is -2.42. The number of H-pyrrole nitrogens is 1. The Bertz CT molecular complexity index is 1690. The predicted octanol–water partition coefficient (Wildman–Crippen LogP) is 2.28. The number of carbonyl (C=O) groups is 2. The number of pyridine rings is 1. The number of aromatic nitrogens is 5. The van der Waals surface area contributed by atoms with Crippen molar-refractivity contribution in [2.45, 2.75) is 58.2 Å². The van der Waals surface area contributed by atoms with Gasteiger partial charge in [0, 0.05) is 45.0 Å². The summed E-state index contributed by atoms with van der Waals surface area (Å²) in [5.74, 6) is 0.709. The molecule has 1 fully saturated rings. The van der Waals surface area contributed by atoms with Crippen LogP contribution in [0.15, 0.2) is 53.5 Å². The van der Waals surface area contributed by atoms with Gasteiger partial charge in [0.05, 0.1) is 26.7 Å². The van der Waals surface area contributed by atoms with Crippen molar-refractivity contribution in [3.8, 4) is 6.01 Å². The molecule has 4 aromatic rings. The first-order chi connectivity index (χ1) is 22.8. The molecule has 0 saturated carbocycles. The first kappa shape index (κ1) is 33.4. The minimum absolute atomic E-state index is 0.0618. The number of benzene rings is 1. The van der Waals surface area contributed by atoms with Crippen molar-refractivity contribution in [1.82, 2.24) is 34.7 Å². The summed E-state index contributed by atoms with van der Waals surface area (Å²) < 4.78 is 12.0. The van der Waals surface area contributed by atoms with Crippen molar-refractivity contribution in [3.05, 3.63) is 70.3 Å². The van der Waals surface area contributed by atoms with E-state index in [-0.39, 0.29) is 48.4 Å². The third-order valence-electron chi connectivity index (χ3n) is 8.24. The molecule has 4 N–H and O–H groups in total. The van der Waals surface area contributed by atoms with Gasteiger partial charge in [-0.3, -0.25) is 19.1 Å². The summed E-state index contributed by atoms with van der Waals surface area (Å²) >= 11 is 0. The van der Waals surface area contributed by atoms with Crippen molar-refractivity contribution in [2.24, 2.45) is 0 Å². The first-order valence-corrected chi connectivity index (χ1v) is 16.0. The van der Waals surface area contributed by atoms with Crippen LogP contribution in [0.1, 0.15) is 43.7 Å². The number of hydrogen-bond acceptors (Lipinski definition) is 11. The molecule has 1 unspecified atom stereocenters. The van der Waals surface area contributed by atoms with Gasteiger partial charge in [-0.1, -0.05) is 43.7 Å². The Morgan fingerprint density at radius 1 is 1.09 bits per heavy atom. The molecule has 0 radical (unpaired) electrons. The number of methoxy groups -OCH3 is 1. The molecule has 0 bridgehead atoms. The van der Waals surface area contributed by atoms with Gasteiger partial charge in [0.15, 0.2) is 11.5 Å². The smallest absolute Gasteiger partial charge is 0.327 e. The minimum Gasteiger partial charge on any atom is -0.469 e. The number of rotatable bonds is 15. The van der Waals surface area contributed by atoms with E-state index >= 15 is 0 Å². The van der Waals surface area contributed by atoms with Crippen LogP contribution in [0.3, 0.4) is 0 Å². The van der Waals surface area contributed by atoms with Crippen LogP contribution in [-0.4, -0.2) is 87.2 Å². The highest BCUT2D eigenvalue weighted by molar-refractivity contribution is 5.82. The maximum absolute atomic E-state index is 12.9. The number of aryl methyl sites for hydroxylation is 1. The van der Waals surface area contributed by atoms with Gasteiger partial charge in [-0.2, -0.15) is 9.97 Å². The van der Waals surface area contributed by atoms with Gasteiger partial charge < -0.3 is 30.4 Å². The lowest BCUT2D eigenvalue weighted by molar-refractivity contribution is -0.139. The number of nitrogens with zero attached hydrogens (tertiary/aromatic N) is 6. The fraction of sp³-hybridized carbons (Fsp3) is 0.455. The van der Waals surface area contributed by atoms with Crippen LogP contribution in [-0.2, 0) is 33.8 Å². The first-order valence-electron chi connectivity index (χ1n) is 16.0. The number of nitrogens with two attached hydrogens (primary N) is 1. The number of unbranched alkanes of at least 4 members (excludes halogenated alkanes) is 1. The fourth-order valence-corrected chi connectivity index (χ4v) is 5.70. The Labute approximate surface area is 273 Å². The molecule has 250 valence electrons. The monoisotopic (exact) mass is 645 g/mol. The normalized spacial score (nSPS) is 15.1. The highest BCUT2D eigenvalue weighted by Crippen LogP contribution is 2.23. The average Bonchev–Trinajstić information content (AvgIpc) is 3.40. The summed E-state index contributed by atoms with van der Waals surface area (Å²) in [4.78, 5) is 57.8. The van der Waals surface area contributed by atoms with E-state index in [1.807, 2.05) is 42.5 Å². The fourth-order valence-electron chi connectivity index (χ4n) is 5.70. The number of anilines is 2. The quantitative estimate of drug-likeness (QED) is 0.128. The third kappa shape index (κ3) is 8.85. The van der Waals surface area contributed by atoms with Crippen LogP contribution in [0.4, 0.5) is 11.6 Å². The molecule has 1 aliphatic rings. The molecular weight excluding hydrogens is 602 g/mol. The zero-order valence-electron chi connectivity index (χ0n) is 27.0. The van der Waals surface area contributed by atoms with E-state index in [1.165, 1.54) is 7.11 Å². The van der Waals surface area contributed by atoms with Crippen molar-refractivity contribution >= 4 is 34.7 Å². The van der Waals surface area contributed by atoms with Crippen molar-refractivity contribution in [1.29, 1.82) is 0 Å². The van der Waals surface area contributed by atoms with Crippen molar-refractivity contribution in [3.63, 3.8) is 0 Å². The number of nitrogens with one attached hydrogen (secondary N) is 2. The van der Waals surface area contributed by atoms with E-state index in [4.69, 9.17) is 15.2 Å². The molecule has 1 aliphatic heterocycles. The molecule has 47 heavy (non-hydrogen) atoms. The van der Waals surface area contributed by atoms with Crippen LogP contribution in [0.25, 0.3) is 11.2 Å². The zero-order valence-corrected chi connectivity index (χ0v) is 27.0. The van der Waals surface area contributed by atoms with Gasteiger partial charge in [0.1, 0.15) is 11.3 Å². The third-order valence-corrected chi connectivity index (χ3v) is 8.24. The maximum atomic E-state index is 12.9. The summed E-state index contributed by atoms with van der Waals surface area (Å²) in [6, 6.07) is 13.6. The summed E-state index contributed by atoms with van der Waals surface area (Å²) in [6.07, 6.45) is 5.27. The molecule has 1 amide bonds. The lowest BCUT2D eigenvalue weighted by atomic mass is 10.1. The lowest BCUT2D eigenvalue weighted by Crippen LogP contribution is -2.55. The largest absolute Gasteiger partial charge is 0.469 e. The molecule has 0 spiro atoms. The molecular formula is C33H43N9O5. The Kier molecular flexibility index (Phi) is 11.4. The van der Waals surface area contributed by atoms with Crippen LogP contribution in [0.2, 0.25) is 0 Å². The van der Waals surface area contributed by atoms with E-state index in [0.29, 0.717) is 56.9 Å². The highest BCUT2D eigenvalue weighted by Gasteiger charge is 2.29. The van der Waals surface area contributed by atoms with Gasteiger partial charge in [-0.05, 0) is 42.5 Å². The minimum atomic E-state index is -0.298.